The summed E-state index contributed by atoms with van der Waals surface area (Å²) in [6.45, 7) is 18.2. The van der Waals surface area contributed by atoms with Crippen molar-refractivity contribution in [2.75, 3.05) is 82.2 Å². The Morgan fingerprint density at radius 1 is 0.661 bits per heavy atom. The molecule has 1 heterocycles. The molecule has 29 nitrogen and oxygen atoms in total. The number of carbonyl (C=O) groups is 12. The highest BCUT2D eigenvalue weighted by atomic mass is 32.2. The number of aliphatic hydroxyl groups is 1. The zero-order valence-corrected chi connectivity index (χ0v) is 68.9. The van der Waals surface area contributed by atoms with Crippen molar-refractivity contribution in [3.05, 3.63) is 65.7 Å². The smallest absolute Gasteiger partial charge is 0.410 e. The number of thioether (sulfide) groups is 3. The number of aliphatic hydroxyl groups excluding tert-OH is 1. The molecule has 2 aromatic carbocycles. The standard InChI is InChI=1S/C77H122N10O19S3/c1-17-48(8)68(59(101-13)42-61(89)87-35-22-26-58(87)70(102-14)49(9)71(94)80-50(10)69(93)52-23-19-18-20-24-52)85(11)75(98)66(46(4)5)84-74(97)67(47(6)7)86(12)77(100)103-43-51-27-29-53(30-28-51)81-72(95)57(25-21-34-79-76(78)99)82-73(96)65(45(2)3)83-60(88)44-109-38-33-64(92)106-56-40-54(104-62(90)31-36-107-15)39-55(41-56)105-63(91)32-37-108-16/h18-20,23-24,27-30,45-50,54-59,65-70,93H,17,21-22,25-26,31-44H2,1-16H3,(H,80,94)(H,81,95)(H,82,96)(H,83,88)(H,84,97)(H3,78,79,99)/t48-,49+,50+,54-,55+,56-,57-,58-,59+,65-,66-,67-,68-,69+,70+/m0/s1. The molecule has 9 N–H and O–H groups in total. The largest absolute Gasteiger partial charge is 0.462 e. The molecule has 0 unspecified atom stereocenters. The van der Waals surface area contributed by atoms with Gasteiger partial charge >= 0.3 is 30.0 Å². The molecule has 2 aromatic rings. The van der Waals surface area contributed by atoms with Gasteiger partial charge in [-0.1, -0.05) is 111 Å². The second kappa shape index (κ2) is 48.4. The molecule has 1 aliphatic heterocycles. The first-order chi connectivity index (χ1) is 51.7. The predicted molar refractivity (Wildman–Crippen MR) is 420 cm³/mol. The first-order valence-electron chi connectivity index (χ1n) is 37.7. The van der Waals surface area contributed by atoms with Gasteiger partial charge in [0.2, 0.25) is 41.4 Å². The Morgan fingerprint density at radius 2 is 1.23 bits per heavy atom. The maximum absolute atomic E-state index is 14.9. The number of hydrogen-bond donors (Lipinski definition) is 8. The van der Waals surface area contributed by atoms with Crippen LogP contribution in [0.25, 0.3) is 0 Å². The van der Waals surface area contributed by atoms with Crippen LogP contribution in [-0.4, -0.2) is 241 Å². The number of rotatable bonds is 46. The van der Waals surface area contributed by atoms with Gasteiger partial charge in [0, 0.05) is 83.6 Å². The summed E-state index contributed by atoms with van der Waals surface area (Å²) in [7, 11) is 6.06. The molecule has 0 bridgehead atoms. The van der Waals surface area contributed by atoms with Gasteiger partial charge in [0.05, 0.1) is 73.8 Å². The van der Waals surface area contributed by atoms with Gasteiger partial charge in [0.1, 0.15) is 49.1 Å². The number of nitrogens with zero attached hydrogens (tertiary/aromatic N) is 3. The zero-order valence-electron chi connectivity index (χ0n) is 66.5. The molecule has 0 aromatic heterocycles. The number of anilines is 1. The van der Waals surface area contributed by atoms with Gasteiger partial charge in [-0.25, -0.2) is 9.59 Å². The van der Waals surface area contributed by atoms with Crippen LogP contribution >= 0.6 is 35.3 Å². The minimum absolute atomic E-state index is 0.0457. The minimum atomic E-state index is -1.17. The lowest BCUT2D eigenvalue weighted by Crippen LogP contribution is -2.60. The Kier molecular flexibility index (Phi) is 41.7. The summed E-state index contributed by atoms with van der Waals surface area (Å²) in [5.41, 5.74) is 6.77. The van der Waals surface area contributed by atoms with Crippen LogP contribution in [0.3, 0.4) is 0 Å². The highest BCUT2D eigenvalue weighted by Gasteiger charge is 2.45. The number of methoxy groups -OCH3 is 2. The number of carbonyl (C=O) groups excluding carboxylic acids is 12. The minimum Gasteiger partial charge on any atom is -0.462 e. The molecule has 612 valence electrons. The van der Waals surface area contributed by atoms with Gasteiger partial charge in [-0.2, -0.15) is 35.3 Å². The van der Waals surface area contributed by atoms with Crippen molar-refractivity contribution in [3.8, 4) is 0 Å². The number of nitrogens with two attached hydrogens (primary N) is 1. The first kappa shape index (κ1) is 94.0. The summed E-state index contributed by atoms with van der Waals surface area (Å²) in [5, 5.41) is 27.6. The number of amides is 10. The summed E-state index contributed by atoms with van der Waals surface area (Å²) in [6.07, 6.45) is 1.77. The predicted octanol–water partition coefficient (Wildman–Crippen LogP) is 7.14. The molecule has 109 heavy (non-hydrogen) atoms. The molecule has 2 aliphatic rings. The number of esters is 3. The molecule has 10 amide bonds. The third-order valence-electron chi connectivity index (χ3n) is 19.7. The molecule has 15 atom stereocenters. The summed E-state index contributed by atoms with van der Waals surface area (Å²) >= 11 is 4.15. The van der Waals surface area contributed by atoms with Gasteiger partial charge in [0.25, 0.3) is 0 Å². The first-order valence-corrected chi connectivity index (χ1v) is 41.7. The highest BCUT2D eigenvalue weighted by Crippen LogP contribution is 2.32. The van der Waals surface area contributed by atoms with Crippen LogP contribution in [0.4, 0.5) is 15.3 Å². The fourth-order valence-electron chi connectivity index (χ4n) is 13.5. The number of benzene rings is 2. The van der Waals surface area contributed by atoms with Crippen molar-refractivity contribution in [2.45, 2.75) is 232 Å². The number of likely N-dealkylation sites (N-methyl/N-ethyl adjacent to an activating group) is 2. The Balaban J connectivity index is 1.35. The molecule has 2 fully saturated rings. The number of nitrogens with one attached hydrogen (secondary N) is 6. The lowest BCUT2D eigenvalue weighted by atomic mass is 9.89. The van der Waals surface area contributed by atoms with Crippen LogP contribution in [0.2, 0.25) is 0 Å². The maximum atomic E-state index is 14.9. The summed E-state index contributed by atoms with van der Waals surface area (Å²) in [5.74, 6) is -5.73. The van der Waals surface area contributed by atoms with E-state index in [2.05, 4.69) is 31.9 Å². The van der Waals surface area contributed by atoms with E-state index in [1.54, 1.807) is 109 Å². The van der Waals surface area contributed by atoms with E-state index in [1.807, 2.05) is 44.6 Å². The molecule has 0 spiro atoms. The van der Waals surface area contributed by atoms with Crippen LogP contribution in [0, 0.1) is 29.6 Å². The lowest BCUT2D eigenvalue weighted by Gasteiger charge is -2.41. The average molecular weight is 1590 g/mol. The Labute approximate surface area is 656 Å². The Bertz CT molecular complexity index is 3220. The average Bonchev–Trinajstić information content (AvgIpc) is 1.80. The molecular formula is C77H122N10O19S3. The topological polar surface area (TPSA) is 388 Å². The van der Waals surface area contributed by atoms with Crippen LogP contribution < -0.4 is 37.6 Å². The molecule has 4 rings (SSSR count). The highest BCUT2D eigenvalue weighted by molar-refractivity contribution is 8.00. The second-order valence-electron chi connectivity index (χ2n) is 29.1. The van der Waals surface area contributed by atoms with Crippen molar-refractivity contribution in [1.29, 1.82) is 0 Å². The summed E-state index contributed by atoms with van der Waals surface area (Å²) in [4.78, 5) is 167. The third kappa shape index (κ3) is 31.0. The van der Waals surface area contributed by atoms with Crippen molar-refractivity contribution in [3.63, 3.8) is 0 Å². The normalized spacial score (nSPS) is 18.7. The zero-order chi connectivity index (χ0) is 81.2. The quantitative estimate of drug-likeness (QED) is 0.0185. The van der Waals surface area contributed by atoms with Crippen molar-refractivity contribution in [1.82, 2.24) is 41.3 Å². The number of hydrogen-bond acceptors (Lipinski definition) is 22. The third-order valence-corrected chi connectivity index (χ3v) is 21.9. The molecule has 0 radical (unpaired) electrons. The SMILES string of the molecule is CC[C@H](C)[C@@H]([C@@H](CC(=O)N1CCC[C@H]1[C@H](OC)[C@@H](C)C(=O)N[C@H](C)[C@@H](O)c1ccccc1)OC)N(C)C(=O)[C@@H](NC(=O)[C@H](C(C)C)N(C)C(=O)OCc1ccc(NC(=O)[C@H](CCCNC(N)=O)NC(=O)[C@@H](NC(=O)CSCCC(=O)O[C@@H]2C[C@H](OC(=O)CCSC)C[C@H](OC(=O)CCSC)C2)C(C)C)cc1)C(C)C. The van der Waals surface area contributed by atoms with Gasteiger partial charge in [-0.15, -0.1) is 0 Å². The van der Waals surface area contributed by atoms with E-state index in [-0.39, 0.29) is 100 Å². The Hall–Kier alpha value is -7.39. The van der Waals surface area contributed by atoms with E-state index in [0.717, 1.165) is 11.8 Å². The Morgan fingerprint density at radius 3 is 1.74 bits per heavy atom. The van der Waals surface area contributed by atoms with Gasteiger partial charge in [-0.3, -0.25) is 52.8 Å². The second-order valence-corrected chi connectivity index (χ2v) is 32.2. The van der Waals surface area contributed by atoms with E-state index in [1.165, 1.54) is 49.7 Å². The molecule has 1 saturated heterocycles. The number of urea groups is 1. The van der Waals surface area contributed by atoms with Crippen LogP contribution in [-0.2, 0) is 83.0 Å². The fourth-order valence-corrected chi connectivity index (χ4v) is 15.0. The van der Waals surface area contributed by atoms with Gasteiger partial charge in [0.15, 0.2) is 0 Å². The number of likely N-dealkylation sites (tertiary alicyclic amines) is 1. The van der Waals surface area contributed by atoms with E-state index >= 15 is 0 Å². The van der Waals surface area contributed by atoms with Crippen molar-refractivity contribution in [2.24, 2.45) is 35.3 Å². The van der Waals surface area contributed by atoms with Crippen molar-refractivity contribution < 1.29 is 91.1 Å². The van der Waals surface area contributed by atoms with Crippen molar-refractivity contribution >= 4 is 112 Å². The number of ether oxygens (including phenoxy) is 6. The monoisotopic (exact) mass is 1590 g/mol. The van der Waals surface area contributed by atoms with Crippen LogP contribution in [0.15, 0.2) is 54.6 Å². The van der Waals surface area contributed by atoms with Crippen LogP contribution in [0.1, 0.15) is 164 Å². The van der Waals surface area contributed by atoms with E-state index in [9.17, 15) is 62.6 Å². The lowest BCUT2D eigenvalue weighted by molar-refractivity contribution is -0.169. The maximum Gasteiger partial charge on any atom is 0.410 e. The molecule has 32 heteroatoms. The van der Waals surface area contributed by atoms with E-state index < -0.39 is 162 Å². The van der Waals surface area contributed by atoms with E-state index in [4.69, 9.17) is 34.2 Å². The van der Waals surface area contributed by atoms with Crippen LogP contribution in [0.5, 0.6) is 0 Å². The fraction of sp³-hybridized carbons (Fsp3) is 0.688. The molecular weight excluding hydrogens is 1470 g/mol. The van der Waals surface area contributed by atoms with E-state index in [0.29, 0.717) is 54.1 Å². The summed E-state index contributed by atoms with van der Waals surface area (Å²) < 4.78 is 34.9. The summed E-state index contributed by atoms with van der Waals surface area (Å²) in [6, 6.07) is 8.47. The van der Waals surface area contributed by atoms with Gasteiger partial charge in [-0.05, 0) is 92.0 Å². The molecule has 1 aliphatic carbocycles. The number of primary amides is 1. The van der Waals surface area contributed by atoms with Gasteiger partial charge < -0.3 is 81.0 Å². The molecule has 1 saturated carbocycles.